The minimum Gasteiger partial charge on any atom is -0.395 e. The molecule has 0 rings (SSSR count). The predicted molar refractivity (Wildman–Crippen MR) is 52.7 cm³/mol. The zero-order chi connectivity index (χ0) is 7.98. The van der Waals surface area contributed by atoms with E-state index in [1.54, 1.807) is 0 Å². The summed E-state index contributed by atoms with van der Waals surface area (Å²) < 4.78 is 1.19. The normalized spacial score (nSPS) is 14.1. The lowest BCUT2D eigenvalue weighted by Crippen LogP contribution is -2.32. The summed E-state index contributed by atoms with van der Waals surface area (Å²) in [5.41, 5.74) is 0. The molecule has 0 aromatic heterocycles. The van der Waals surface area contributed by atoms with Crippen molar-refractivity contribution in [1.29, 1.82) is 0 Å². The number of rotatable bonds is 5. The molecule has 0 fully saturated rings. The van der Waals surface area contributed by atoms with Crippen LogP contribution < -0.4 is 0 Å². The Morgan fingerprint density at radius 3 is 2.60 bits per heavy atom. The zero-order valence-electron chi connectivity index (χ0n) is 6.68. The molecule has 0 aliphatic carbocycles. The van der Waals surface area contributed by atoms with Crippen molar-refractivity contribution in [3.8, 4) is 0 Å². The maximum atomic E-state index is 8.76. The van der Waals surface area contributed by atoms with Gasteiger partial charge in [-0.3, -0.25) is 0 Å². The number of aliphatic hydroxyl groups is 1. The van der Waals surface area contributed by atoms with Gasteiger partial charge in [0.25, 0.3) is 0 Å². The maximum absolute atomic E-state index is 8.76. The smallest absolute Gasteiger partial charge is 0.0584 e. The Bertz CT molecular complexity index is 80.0. The highest BCUT2D eigenvalue weighted by Gasteiger charge is 2.05. The Balaban J connectivity index is 3.31. The fourth-order valence-electron chi connectivity index (χ4n) is 0.669. The van der Waals surface area contributed by atoms with Crippen LogP contribution in [0, 0.1) is 0 Å². The lowest BCUT2D eigenvalue weighted by Gasteiger charge is -2.21. The first-order chi connectivity index (χ1) is 4.72. The fraction of sp³-hybridized carbons (Fsp3) is 1.00. The molecule has 0 radical (unpaired) electrons. The summed E-state index contributed by atoms with van der Waals surface area (Å²) in [6.07, 6.45) is 1.21. The van der Waals surface area contributed by atoms with Gasteiger partial charge in [0.1, 0.15) is 0 Å². The molecular weight excluding hydrogens is 241 g/mol. The molecule has 0 aliphatic heterocycles. The highest BCUT2D eigenvalue weighted by atomic mass is 127. The number of nitrogens with zero attached hydrogens (tertiary/aromatic N) is 1. The first-order valence-corrected chi connectivity index (χ1v) is 5.12. The molecule has 0 saturated heterocycles. The number of likely N-dealkylation sites (N-methyl/N-ethyl adjacent to an activating group) is 1. The molecule has 0 spiro atoms. The first-order valence-electron chi connectivity index (χ1n) is 3.59. The minimum atomic E-state index is 0.262. The van der Waals surface area contributed by atoms with Crippen molar-refractivity contribution < 1.29 is 5.11 Å². The highest BCUT2D eigenvalue weighted by molar-refractivity contribution is 14.1. The Kier molecular flexibility index (Phi) is 6.78. The van der Waals surface area contributed by atoms with Gasteiger partial charge in [0, 0.05) is 10.5 Å². The summed E-state index contributed by atoms with van der Waals surface area (Å²) in [4.78, 5) is 2.18. The van der Waals surface area contributed by atoms with E-state index in [-0.39, 0.29) is 6.61 Å². The van der Waals surface area contributed by atoms with Gasteiger partial charge in [0.2, 0.25) is 0 Å². The van der Waals surface area contributed by atoms with E-state index in [4.69, 9.17) is 5.11 Å². The zero-order valence-corrected chi connectivity index (χ0v) is 8.84. The summed E-state index contributed by atoms with van der Waals surface area (Å²) in [6, 6.07) is 0.308. The Hall–Kier alpha value is 0.650. The molecule has 62 valence electrons. The van der Waals surface area contributed by atoms with Crippen molar-refractivity contribution >= 4 is 22.6 Å². The van der Waals surface area contributed by atoms with Crippen molar-refractivity contribution in [2.24, 2.45) is 0 Å². The van der Waals surface area contributed by atoms with Gasteiger partial charge in [-0.1, -0.05) is 22.6 Å². The first kappa shape index (κ1) is 10.7. The molecule has 0 saturated carbocycles. The average molecular weight is 257 g/mol. The third kappa shape index (κ3) is 4.46. The van der Waals surface area contributed by atoms with Gasteiger partial charge in [0.05, 0.1) is 6.61 Å². The number of hydrogen-bond donors (Lipinski definition) is 1. The molecule has 0 amide bonds. The topological polar surface area (TPSA) is 23.5 Å². The fourth-order valence-corrected chi connectivity index (χ4v) is 1.01. The van der Waals surface area contributed by atoms with Crippen LogP contribution in [0.4, 0.5) is 0 Å². The van der Waals surface area contributed by atoms with Crippen LogP contribution in [-0.4, -0.2) is 40.7 Å². The highest BCUT2D eigenvalue weighted by Crippen LogP contribution is 1.97. The predicted octanol–water partition coefficient (Wildman–Crippen LogP) is 1.12. The van der Waals surface area contributed by atoms with E-state index in [2.05, 4.69) is 27.5 Å². The Labute approximate surface area is 76.7 Å². The molecule has 1 unspecified atom stereocenters. The van der Waals surface area contributed by atoms with Crippen LogP contribution in [0.5, 0.6) is 0 Å². The van der Waals surface area contributed by atoms with Gasteiger partial charge in [-0.15, -0.1) is 0 Å². The van der Waals surface area contributed by atoms with Crippen LogP contribution >= 0.6 is 22.6 Å². The molecule has 0 aromatic carbocycles. The van der Waals surface area contributed by atoms with Gasteiger partial charge < -0.3 is 10.0 Å². The third-order valence-corrected chi connectivity index (χ3v) is 2.42. The molecule has 10 heavy (non-hydrogen) atoms. The van der Waals surface area contributed by atoms with Crippen molar-refractivity contribution in [2.45, 2.75) is 19.4 Å². The van der Waals surface area contributed by atoms with Gasteiger partial charge in [-0.25, -0.2) is 0 Å². The monoisotopic (exact) mass is 257 g/mol. The van der Waals surface area contributed by atoms with E-state index in [1.807, 2.05) is 14.0 Å². The van der Waals surface area contributed by atoms with E-state index in [1.165, 1.54) is 10.8 Å². The quantitative estimate of drug-likeness (QED) is 0.589. The SMILES string of the molecule is CC(CO)N(C)CCCI. The Morgan fingerprint density at radius 2 is 2.20 bits per heavy atom. The Morgan fingerprint density at radius 1 is 1.60 bits per heavy atom. The van der Waals surface area contributed by atoms with E-state index in [9.17, 15) is 0 Å². The number of halogens is 1. The number of aliphatic hydroxyl groups excluding tert-OH is 1. The molecular formula is C7H16INO. The molecule has 0 aromatic rings. The molecule has 0 bridgehead atoms. The second-order valence-electron chi connectivity index (χ2n) is 2.55. The molecule has 0 heterocycles. The second kappa shape index (κ2) is 6.37. The van der Waals surface area contributed by atoms with Crippen molar-refractivity contribution in [3.63, 3.8) is 0 Å². The van der Waals surface area contributed by atoms with E-state index < -0.39 is 0 Å². The molecule has 1 N–H and O–H groups in total. The third-order valence-electron chi connectivity index (χ3n) is 1.66. The van der Waals surface area contributed by atoms with E-state index in [0.717, 1.165) is 6.54 Å². The van der Waals surface area contributed by atoms with Gasteiger partial charge >= 0.3 is 0 Å². The summed E-state index contributed by atoms with van der Waals surface area (Å²) in [7, 11) is 2.05. The van der Waals surface area contributed by atoms with Gasteiger partial charge in [-0.05, 0) is 26.9 Å². The van der Waals surface area contributed by atoms with Crippen LogP contribution in [0.25, 0.3) is 0 Å². The van der Waals surface area contributed by atoms with E-state index >= 15 is 0 Å². The summed E-state index contributed by atoms with van der Waals surface area (Å²) in [5.74, 6) is 0. The van der Waals surface area contributed by atoms with Crippen LogP contribution in [0.1, 0.15) is 13.3 Å². The van der Waals surface area contributed by atoms with Crippen molar-refractivity contribution in [2.75, 3.05) is 24.6 Å². The number of hydrogen-bond acceptors (Lipinski definition) is 2. The largest absolute Gasteiger partial charge is 0.395 e. The van der Waals surface area contributed by atoms with Crippen LogP contribution in [-0.2, 0) is 0 Å². The molecule has 2 nitrogen and oxygen atoms in total. The van der Waals surface area contributed by atoms with Crippen molar-refractivity contribution in [1.82, 2.24) is 4.90 Å². The van der Waals surface area contributed by atoms with Gasteiger partial charge in [-0.2, -0.15) is 0 Å². The van der Waals surface area contributed by atoms with E-state index in [0.29, 0.717) is 6.04 Å². The summed E-state index contributed by atoms with van der Waals surface area (Å²) in [6.45, 7) is 3.38. The van der Waals surface area contributed by atoms with Gasteiger partial charge in [0.15, 0.2) is 0 Å². The van der Waals surface area contributed by atoms with Crippen LogP contribution in [0.3, 0.4) is 0 Å². The minimum absolute atomic E-state index is 0.262. The van der Waals surface area contributed by atoms with Crippen LogP contribution in [0.15, 0.2) is 0 Å². The molecule has 0 aliphatic rings. The molecule has 1 atom stereocenters. The average Bonchev–Trinajstić information content (AvgIpc) is 1.98. The van der Waals surface area contributed by atoms with Crippen molar-refractivity contribution in [3.05, 3.63) is 0 Å². The lowest BCUT2D eigenvalue weighted by atomic mass is 10.3. The second-order valence-corrected chi connectivity index (χ2v) is 3.63. The summed E-state index contributed by atoms with van der Waals surface area (Å²) >= 11 is 2.37. The number of alkyl halides is 1. The van der Waals surface area contributed by atoms with Crippen LogP contribution in [0.2, 0.25) is 0 Å². The molecule has 3 heteroatoms. The maximum Gasteiger partial charge on any atom is 0.0584 e. The summed E-state index contributed by atoms with van der Waals surface area (Å²) in [5, 5.41) is 8.76. The lowest BCUT2D eigenvalue weighted by molar-refractivity contribution is 0.160. The standard InChI is InChI=1S/C7H16INO/c1-7(6-10)9(2)5-3-4-8/h7,10H,3-6H2,1-2H3.